The molecule has 0 unspecified atom stereocenters. The summed E-state index contributed by atoms with van der Waals surface area (Å²) in [4.78, 5) is 16.0. The first-order valence-electron chi connectivity index (χ1n) is 5.54. The number of carboxylic acid groups (broad SMARTS) is 1. The van der Waals surface area contributed by atoms with Crippen molar-refractivity contribution >= 4 is 27.7 Å². The molecule has 1 aliphatic heterocycles. The number of halogens is 4. The van der Waals surface area contributed by atoms with Gasteiger partial charge < -0.3 is 10.0 Å². The second-order valence-corrected chi connectivity index (χ2v) is 5.04. The number of aliphatic carboxylic acids is 1. The highest BCUT2D eigenvalue weighted by Crippen LogP contribution is 2.35. The maximum Gasteiger partial charge on any atom is 0.434 e. The highest BCUT2D eigenvalue weighted by atomic mass is 79.9. The fourth-order valence-corrected chi connectivity index (χ4v) is 2.53. The summed E-state index contributed by atoms with van der Waals surface area (Å²) < 4.78 is 38.1. The summed E-state index contributed by atoms with van der Waals surface area (Å²) in [7, 11) is 0. The maximum absolute atomic E-state index is 12.7. The third-order valence-electron chi connectivity index (χ3n) is 2.93. The topological polar surface area (TPSA) is 53.4 Å². The molecule has 0 radical (unpaired) electrons. The molecule has 104 valence electrons. The molecule has 1 fully saturated rings. The molecule has 1 N–H and O–H groups in total. The number of carboxylic acids is 1. The zero-order valence-corrected chi connectivity index (χ0v) is 11.2. The Balaban J connectivity index is 2.38. The van der Waals surface area contributed by atoms with Gasteiger partial charge in [-0.2, -0.15) is 13.2 Å². The van der Waals surface area contributed by atoms with E-state index >= 15 is 0 Å². The molecule has 2 rings (SSSR count). The van der Waals surface area contributed by atoms with Crippen LogP contribution in [0.25, 0.3) is 0 Å². The van der Waals surface area contributed by atoms with Gasteiger partial charge in [0.05, 0.1) is 0 Å². The first kappa shape index (κ1) is 14.1. The number of rotatable bonds is 2. The molecule has 8 heteroatoms. The van der Waals surface area contributed by atoms with Crippen LogP contribution in [0.5, 0.6) is 0 Å². The highest BCUT2D eigenvalue weighted by molar-refractivity contribution is 9.10. The van der Waals surface area contributed by atoms with Gasteiger partial charge in [0.15, 0.2) is 5.69 Å². The standard InChI is InChI=1S/C11H10BrF3N2O2/c12-6-3-4-8(16-9(6)11(13,14)15)17-5-1-2-7(17)10(18)19/h3-4,7H,1-2,5H2,(H,18,19)/t7-/m1/s1. The maximum atomic E-state index is 12.7. The summed E-state index contributed by atoms with van der Waals surface area (Å²) in [5.41, 5.74) is -1.04. The van der Waals surface area contributed by atoms with Crippen molar-refractivity contribution in [1.82, 2.24) is 4.98 Å². The molecular weight excluding hydrogens is 329 g/mol. The van der Waals surface area contributed by atoms with E-state index in [2.05, 4.69) is 20.9 Å². The molecule has 1 atom stereocenters. The van der Waals surface area contributed by atoms with Crippen LogP contribution < -0.4 is 4.90 Å². The Morgan fingerprint density at radius 3 is 2.74 bits per heavy atom. The fraction of sp³-hybridized carbons (Fsp3) is 0.455. The van der Waals surface area contributed by atoms with Crippen molar-refractivity contribution in [2.45, 2.75) is 25.1 Å². The molecule has 2 heterocycles. The normalized spacial score (nSPS) is 19.8. The van der Waals surface area contributed by atoms with E-state index < -0.39 is 23.9 Å². The summed E-state index contributed by atoms with van der Waals surface area (Å²) in [6.45, 7) is 0.392. The first-order valence-corrected chi connectivity index (χ1v) is 6.33. The van der Waals surface area contributed by atoms with Gasteiger partial charge in [-0.25, -0.2) is 9.78 Å². The summed E-state index contributed by atoms with van der Waals surface area (Å²) in [5.74, 6) is -1.00. The van der Waals surface area contributed by atoms with Gasteiger partial charge in [0.25, 0.3) is 0 Å². The number of hydrogen-bond acceptors (Lipinski definition) is 3. The highest BCUT2D eigenvalue weighted by Gasteiger charge is 2.37. The van der Waals surface area contributed by atoms with Gasteiger partial charge in [0.1, 0.15) is 11.9 Å². The van der Waals surface area contributed by atoms with Crippen molar-refractivity contribution in [3.05, 3.63) is 22.3 Å². The number of anilines is 1. The van der Waals surface area contributed by atoms with E-state index in [9.17, 15) is 18.0 Å². The Morgan fingerprint density at radius 2 is 2.16 bits per heavy atom. The van der Waals surface area contributed by atoms with E-state index in [-0.39, 0.29) is 10.3 Å². The van der Waals surface area contributed by atoms with E-state index in [0.717, 1.165) is 0 Å². The van der Waals surface area contributed by atoms with Crippen LogP contribution in [0, 0.1) is 0 Å². The van der Waals surface area contributed by atoms with Crippen molar-refractivity contribution in [2.75, 3.05) is 11.4 Å². The number of nitrogens with zero attached hydrogens (tertiary/aromatic N) is 2. The van der Waals surface area contributed by atoms with Crippen molar-refractivity contribution in [1.29, 1.82) is 0 Å². The van der Waals surface area contributed by atoms with Crippen molar-refractivity contribution in [3.8, 4) is 0 Å². The smallest absolute Gasteiger partial charge is 0.434 e. The Morgan fingerprint density at radius 1 is 1.47 bits per heavy atom. The second-order valence-electron chi connectivity index (χ2n) is 4.19. The first-order chi connectivity index (χ1) is 8.80. The SMILES string of the molecule is O=C(O)[C@H]1CCCN1c1ccc(Br)c(C(F)(F)F)n1. The summed E-state index contributed by atoms with van der Waals surface area (Å²) >= 11 is 2.80. The van der Waals surface area contributed by atoms with Gasteiger partial charge in [-0.15, -0.1) is 0 Å². The quantitative estimate of drug-likeness (QED) is 0.900. The lowest BCUT2D eigenvalue weighted by Crippen LogP contribution is -2.36. The summed E-state index contributed by atoms with van der Waals surface area (Å²) in [5, 5.41) is 9.03. The number of alkyl halides is 3. The number of carbonyl (C=O) groups is 1. The van der Waals surface area contributed by atoms with Gasteiger partial charge >= 0.3 is 12.1 Å². The van der Waals surface area contributed by atoms with Crippen molar-refractivity contribution in [3.63, 3.8) is 0 Å². The largest absolute Gasteiger partial charge is 0.480 e. The third-order valence-corrected chi connectivity index (χ3v) is 3.57. The Labute approximate surface area is 115 Å². The van der Waals surface area contributed by atoms with Crippen molar-refractivity contribution < 1.29 is 23.1 Å². The Kier molecular flexibility index (Phi) is 3.71. The van der Waals surface area contributed by atoms with Gasteiger partial charge in [-0.1, -0.05) is 0 Å². The minimum atomic E-state index is -4.58. The predicted molar refractivity (Wildman–Crippen MR) is 64.9 cm³/mol. The summed E-state index contributed by atoms with van der Waals surface area (Å²) in [6.07, 6.45) is -3.54. The molecule has 0 bridgehead atoms. The van der Waals surface area contributed by atoms with E-state index in [0.29, 0.717) is 19.4 Å². The van der Waals surface area contributed by atoms with Gasteiger partial charge in [-0.3, -0.25) is 0 Å². The second kappa shape index (κ2) is 4.99. The summed E-state index contributed by atoms with van der Waals surface area (Å²) in [6, 6.07) is 1.82. The molecule has 0 amide bonds. The number of aromatic nitrogens is 1. The van der Waals surface area contributed by atoms with Crippen LogP contribution >= 0.6 is 15.9 Å². The molecule has 0 spiro atoms. The molecule has 1 aromatic rings. The molecule has 0 saturated carbocycles. The Hall–Kier alpha value is -1.31. The number of hydrogen-bond donors (Lipinski definition) is 1. The lowest BCUT2D eigenvalue weighted by atomic mass is 10.2. The van der Waals surface area contributed by atoms with Crippen molar-refractivity contribution in [2.24, 2.45) is 0 Å². The number of pyridine rings is 1. The van der Waals surface area contributed by atoms with Crippen LogP contribution in [0.3, 0.4) is 0 Å². The Bertz CT molecular complexity index is 507. The fourth-order valence-electron chi connectivity index (χ4n) is 2.09. The van der Waals surface area contributed by atoms with E-state index in [4.69, 9.17) is 5.11 Å². The predicted octanol–water partition coefficient (Wildman–Crippen LogP) is 2.92. The molecule has 19 heavy (non-hydrogen) atoms. The van der Waals surface area contributed by atoms with E-state index in [1.54, 1.807) is 0 Å². The van der Waals surface area contributed by atoms with Gasteiger partial charge in [-0.05, 0) is 40.9 Å². The average Bonchev–Trinajstić information content (AvgIpc) is 2.77. The zero-order chi connectivity index (χ0) is 14.2. The lowest BCUT2D eigenvalue weighted by molar-refractivity contribution is -0.141. The zero-order valence-electron chi connectivity index (χ0n) is 9.62. The van der Waals surface area contributed by atoms with E-state index in [1.165, 1.54) is 17.0 Å². The average molecular weight is 339 g/mol. The van der Waals surface area contributed by atoms with Crippen LogP contribution in [-0.2, 0) is 11.0 Å². The molecule has 1 aliphatic rings. The molecule has 1 saturated heterocycles. The molecule has 0 aromatic carbocycles. The van der Waals surface area contributed by atoms with E-state index in [1.807, 2.05) is 0 Å². The van der Waals surface area contributed by atoms with Crippen LogP contribution in [0.1, 0.15) is 18.5 Å². The third kappa shape index (κ3) is 2.83. The molecular formula is C11H10BrF3N2O2. The molecule has 1 aromatic heterocycles. The van der Waals surface area contributed by atoms with Gasteiger partial charge in [0, 0.05) is 11.0 Å². The van der Waals surface area contributed by atoms with Crippen LogP contribution in [0.4, 0.5) is 19.0 Å². The van der Waals surface area contributed by atoms with Gasteiger partial charge in [0.2, 0.25) is 0 Å². The van der Waals surface area contributed by atoms with Crippen LogP contribution in [-0.4, -0.2) is 28.6 Å². The van der Waals surface area contributed by atoms with Crippen LogP contribution in [0.15, 0.2) is 16.6 Å². The minimum Gasteiger partial charge on any atom is -0.480 e. The monoisotopic (exact) mass is 338 g/mol. The minimum absolute atomic E-state index is 0.0421. The molecule has 4 nitrogen and oxygen atoms in total. The lowest BCUT2D eigenvalue weighted by Gasteiger charge is -2.23. The molecule has 0 aliphatic carbocycles. The van der Waals surface area contributed by atoms with Crippen LogP contribution in [0.2, 0.25) is 0 Å².